The normalized spacial score (nSPS) is 14.3. The molecule has 0 unspecified atom stereocenters. The number of urea groups is 1. The van der Waals surface area contributed by atoms with Gasteiger partial charge in [-0.2, -0.15) is 0 Å². The van der Waals surface area contributed by atoms with E-state index in [1.54, 1.807) is 12.3 Å². The molecule has 0 aliphatic carbocycles. The van der Waals surface area contributed by atoms with E-state index in [0.29, 0.717) is 30.5 Å². The minimum absolute atomic E-state index is 0.271. The molecule has 1 fully saturated rings. The monoisotopic (exact) mass is 331 g/mol. The van der Waals surface area contributed by atoms with Crippen LogP contribution in [-0.2, 0) is 11.3 Å². The van der Waals surface area contributed by atoms with Gasteiger partial charge in [-0.15, -0.1) is 0 Å². The maximum absolute atomic E-state index is 12.8. The number of halogens is 1. The molecule has 24 heavy (non-hydrogen) atoms. The number of carbonyl (C=O) groups is 1. The molecule has 1 saturated heterocycles. The van der Waals surface area contributed by atoms with Gasteiger partial charge in [-0.25, -0.2) is 19.2 Å². The van der Waals surface area contributed by atoms with Crippen LogP contribution in [0.5, 0.6) is 0 Å². The summed E-state index contributed by atoms with van der Waals surface area (Å²) in [6, 6.07) is 6.94. The topological polar surface area (TPSA) is 79.4 Å². The Labute approximate surface area is 138 Å². The SMILES string of the molecule is O=C(NCc1ccnc(N2CCOCC2)n1)Nc1ccc(F)cc1. The zero-order chi connectivity index (χ0) is 16.8. The Kier molecular flexibility index (Phi) is 5.17. The van der Waals surface area contributed by atoms with E-state index in [1.165, 1.54) is 24.3 Å². The molecule has 1 aromatic heterocycles. The van der Waals surface area contributed by atoms with Gasteiger partial charge in [-0.3, -0.25) is 0 Å². The Morgan fingerprint density at radius 1 is 1.21 bits per heavy atom. The Morgan fingerprint density at radius 3 is 2.71 bits per heavy atom. The highest BCUT2D eigenvalue weighted by atomic mass is 19.1. The first-order chi connectivity index (χ1) is 11.7. The molecule has 0 atom stereocenters. The van der Waals surface area contributed by atoms with Crippen molar-refractivity contribution < 1.29 is 13.9 Å². The number of aromatic nitrogens is 2. The van der Waals surface area contributed by atoms with Crippen LogP contribution < -0.4 is 15.5 Å². The molecule has 1 aliphatic heterocycles. The van der Waals surface area contributed by atoms with E-state index < -0.39 is 0 Å². The van der Waals surface area contributed by atoms with Crippen LogP contribution >= 0.6 is 0 Å². The first-order valence-corrected chi connectivity index (χ1v) is 7.66. The standard InChI is InChI=1S/C16H18FN5O2/c17-12-1-3-13(4-2-12)21-16(23)19-11-14-5-6-18-15(20-14)22-7-9-24-10-8-22/h1-6H,7-11H2,(H2,19,21,23). The fourth-order valence-corrected chi connectivity index (χ4v) is 2.28. The van der Waals surface area contributed by atoms with Crippen LogP contribution in [0, 0.1) is 5.82 Å². The number of benzene rings is 1. The maximum atomic E-state index is 12.8. The van der Waals surface area contributed by atoms with Crippen molar-refractivity contribution in [3.05, 3.63) is 48.0 Å². The molecule has 2 N–H and O–H groups in total. The third-order valence-corrected chi connectivity index (χ3v) is 3.53. The van der Waals surface area contributed by atoms with E-state index in [9.17, 15) is 9.18 Å². The van der Waals surface area contributed by atoms with Crippen LogP contribution in [0.1, 0.15) is 5.69 Å². The number of anilines is 2. The second-order valence-electron chi connectivity index (χ2n) is 5.26. The van der Waals surface area contributed by atoms with Gasteiger partial charge >= 0.3 is 6.03 Å². The summed E-state index contributed by atoms with van der Waals surface area (Å²) < 4.78 is 18.1. The second-order valence-corrected chi connectivity index (χ2v) is 5.26. The number of hydrogen-bond donors (Lipinski definition) is 2. The van der Waals surface area contributed by atoms with Crippen LogP contribution in [0.4, 0.5) is 20.8 Å². The van der Waals surface area contributed by atoms with Gasteiger partial charge in [0.1, 0.15) is 5.82 Å². The van der Waals surface area contributed by atoms with E-state index in [4.69, 9.17) is 4.74 Å². The molecule has 2 aromatic rings. The Morgan fingerprint density at radius 2 is 1.96 bits per heavy atom. The molecule has 0 spiro atoms. The average Bonchev–Trinajstić information content (AvgIpc) is 2.63. The van der Waals surface area contributed by atoms with Gasteiger partial charge < -0.3 is 20.3 Å². The lowest BCUT2D eigenvalue weighted by atomic mass is 10.3. The van der Waals surface area contributed by atoms with Crippen LogP contribution in [0.15, 0.2) is 36.5 Å². The Hall–Kier alpha value is -2.74. The highest BCUT2D eigenvalue weighted by Crippen LogP contribution is 2.10. The summed E-state index contributed by atoms with van der Waals surface area (Å²) in [5, 5.41) is 5.35. The molecule has 8 heteroatoms. The lowest BCUT2D eigenvalue weighted by Gasteiger charge is -2.26. The van der Waals surface area contributed by atoms with Crippen molar-refractivity contribution in [1.82, 2.24) is 15.3 Å². The third-order valence-electron chi connectivity index (χ3n) is 3.53. The van der Waals surface area contributed by atoms with E-state index in [2.05, 4.69) is 20.6 Å². The molecule has 2 amide bonds. The van der Waals surface area contributed by atoms with Gasteiger partial charge in [0, 0.05) is 25.0 Å². The van der Waals surface area contributed by atoms with Crippen molar-refractivity contribution >= 4 is 17.7 Å². The number of carbonyl (C=O) groups excluding carboxylic acids is 1. The summed E-state index contributed by atoms with van der Waals surface area (Å²) in [5.74, 6) is 0.286. The number of nitrogens with one attached hydrogen (secondary N) is 2. The molecule has 0 saturated carbocycles. The van der Waals surface area contributed by atoms with E-state index in [0.717, 1.165) is 13.1 Å². The lowest BCUT2D eigenvalue weighted by Crippen LogP contribution is -2.37. The number of rotatable bonds is 4. The van der Waals surface area contributed by atoms with Crippen LogP contribution in [-0.4, -0.2) is 42.3 Å². The van der Waals surface area contributed by atoms with Crippen molar-refractivity contribution in [3.63, 3.8) is 0 Å². The smallest absolute Gasteiger partial charge is 0.319 e. The molecule has 126 valence electrons. The van der Waals surface area contributed by atoms with E-state index in [1.807, 2.05) is 4.90 Å². The molecule has 2 heterocycles. The van der Waals surface area contributed by atoms with Crippen molar-refractivity contribution in [2.24, 2.45) is 0 Å². The first kappa shape index (κ1) is 16.1. The predicted octanol–water partition coefficient (Wildman–Crippen LogP) is 1.77. The van der Waals surface area contributed by atoms with Crippen molar-refractivity contribution in [3.8, 4) is 0 Å². The van der Waals surface area contributed by atoms with Gasteiger partial charge in [0.25, 0.3) is 0 Å². The van der Waals surface area contributed by atoms with Gasteiger partial charge in [0.15, 0.2) is 0 Å². The zero-order valence-corrected chi connectivity index (χ0v) is 13.0. The minimum atomic E-state index is -0.381. The molecule has 0 radical (unpaired) electrons. The molecule has 1 aliphatic rings. The minimum Gasteiger partial charge on any atom is -0.378 e. The van der Waals surface area contributed by atoms with Crippen LogP contribution in [0.2, 0.25) is 0 Å². The number of morpholine rings is 1. The summed E-state index contributed by atoms with van der Waals surface area (Å²) in [4.78, 5) is 22.6. The second kappa shape index (κ2) is 7.69. The summed E-state index contributed by atoms with van der Waals surface area (Å²) in [6.07, 6.45) is 1.67. The fraction of sp³-hybridized carbons (Fsp3) is 0.312. The first-order valence-electron chi connectivity index (χ1n) is 7.66. The predicted molar refractivity (Wildman–Crippen MR) is 87.3 cm³/mol. The maximum Gasteiger partial charge on any atom is 0.319 e. The molecular formula is C16H18FN5O2. The highest BCUT2D eigenvalue weighted by Gasteiger charge is 2.14. The van der Waals surface area contributed by atoms with E-state index in [-0.39, 0.29) is 18.4 Å². The number of nitrogens with zero attached hydrogens (tertiary/aromatic N) is 3. The summed E-state index contributed by atoms with van der Waals surface area (Å²) in [6.45, 7) is 3.09. The highest BCUT2D eigenvalue weighted by molar-refractivity contribution is 5.89. The fourth-order valence-electron chi connectivity index (χ4n) is 2.28. The van der Waals surface area contributed by atoms with Crippen molar-refractivity contribution in [1.29, 1.82) is 0 Å². The van der Waals surface area contributed by atoms with Crippen molar-refractivity contribution in [2.45, 2.75) is 6.54 Å². The Balaban J connectivity index is 1.54. The lowest BCUT2D eigenvalue weighted by molar-refractivity contribution is 0.122. The largest absolute Gasteiger partial charge is 0.378 e. The molecule has 1 aromatic carbocycles. The molecule has 0 bridgehead atoms. The van der Waals surface area contributed by atoms with Gasteiger partial charge in [0.05, 0.1) is 25.5 Å². The molecule has 7 nitrogen and oxygen atoms in total. The van der Waals surface area contributed by atoms with Crippen molar-refractivity contribution in [2.75, 3.05) is 36.5 Å². The number of ether oxygens (including phenoxy) is 1. The quantitative estimate of drug-likeness (QED) is 0.893. The molecular weight excluding hydrogens is 313 g/mol. The van der Waals surface area contributed by atoms with Gasteiger partial charge in [0.2, 0.25) is 5.95 Å². The summed E-state index contributed by atoms with van der Waals surface area (Å²) >= 11 is 0. The summed E-state index contributed by atoms with van der Waals surface area (Å²) in [5.41, 5.74) is 1.23. The Bertz CT molecular complexity index is 689. The number of amides is 2. The van der Waals surface area contributed by atoms with Gasteiger partial charge in [-0.05, 0) is 30.3 Å². The van der Waals surface area contributed by atoms with E-state index >= 15 is 0 Å². The van der Waals surface area contributed by atoms with Crippen LogP contribution in [0.25, 0.3) is 0 Å². The van der Waals surface area contributed by atoms with Gasteiger partial charge in [-0.1, -0.05) is 0 Å². The van der Waals surface area contributed by atoms with Crippen LogP contribution in [0.3, 0.4) is 0 Å². The zero-order valence-electron chi connectivity index (χ0n) is 13.0. The number of hydrogen-bond acceptors (Lipinski definition) is 5. The third kappa shape index (κ3) is 4.39. The molecule has 3 rings (SSSR count). The average molecular weight is 331 g/mol. The summed E-state index contributed by atoms with van der Waals surface area (Å²) in [7, 11) is 0.